The smallest absolute Gasteiger partial charge is 0.259 e. The highest BCUT2D eigenvalue weighted by Crippen LogP contribution is 2.25. The van der Waals surface area contributed by atoms with E-state index in [4.69, 9.17) is 14.6 Å². The second-order valence-electron chi connectivity index (χ2n) is 5.02. The average molecular weight is 350 g/mol. The van der Waals surface area contributed by atoms with E-state index in [1.54, 1.807) is 42.5 Å². The Hall–Kier alpha value is -2.58. The summed E-state index contributed by atoms with van der Waals surface area (Å²) < 4.78 is 32.4. The van der Waals surface area contributed by atoms with Crippen LogP contribution in [0.15, 0.2) is 42.5 Å². The molecule has 0 aliphatic carbocycles. The average Bonchev–Trinajstić information content (AvgIpc) is 2.54. The van der Waals surface area contributed by atoms with E-state index in [2.05, 4.69) is 5.32 Å². The maximum Gasteiger partial charge on any atom is 0.259 e. The Kier molecular flexibility index (Phi) is 5.42. The predicted octanol–water partition coefficient (Wildman–Crippen LogP) is 1.74. The fourth-order valence-corrected chi connectivity index (χ4v) is 2.76. The van der Waals surface area contributed by atoms with E-state index >= 15 is 0 Å². The Labute approximate surface area is 140 Å². The molecule has 0 unspecified atom stereocenters. The van der Waals surface area contributed by atoms with Crippen molar-refractivity contribution in [1.82, 2.24) is 0 Å². The number of methoxy groups -OCH3 is 2. The van der Waals surface area contributed by atoms with Crippen LogP contribution in [0.25, 0.3) is 0 Å². The molecule has 0 heterocycles. The molecule has 1 amide bonds. The second kappa shape index (κ2) is 7.33. The van der Waals surface area contributed by atoms with Crippen molar-refractivity contribution >= 4 is 21.6 Å². The zero-order valence-corrected chi connectivity index (χ0v) is 14.1. The van der Waals surface area contributed by atoms with Gasteiger partial charge in [0.25, 0.3) is 5.91 Å². The molecule has 7 nitrogen and oxygen atoms in total. The van der Waals surface area contributed by atoms with E-state index in [0.717, 1.165) is 0 Å². The van der Waals surface area contributed by atoms with E-state index < -0.39 is 10.0 Å². The normalized spacial score (nSPS) is 11.0. The lowest BCUT2D eigenvalue weighted by atomic mass is 10.1. The van der Waals surface area contributed by atoms with Gasteiger partial charge in [0.15, 0.2) is 0 Å². The summed E-state index contributed by atoms with van der Waals surface area (Å²) in [5.41, 5.74) is 1.42. The van der Waals surface area contributed by atoms with E-state index in [1.807, 2.05) is 0 Å². The maximum absolute atomic E-state index is 12.4. The molecule has 8 heteroatoms. The van der Waals surface area contributed by atoms with Crippen molar-refractivity contribution in [3.8, 4) is 11.5 Å². The third-order valence-electron chi connectivity index (χ3n) is 3.23. The van der Waals surface area contributed by atoms with Crippen LogP contribution in [0.4, 0.5) is 5.69 Å². The summed E-state index contributed by atoms with van der Waals surface area (Å²) in [4.78, 5) is 12.4. The number of nitrogens with two attached hydrogens (primary N) is 1. The molecule has 0 atom stereocenters. The van der Waals surface area contributed by atoms with Crippen LogP contribution >= 0.6 is 0 Å². The van der Waals surface area contributed by atoms with Gasteiger partial charge in [0.1, 0.15) is 11.5 Å². The van der Waals surface area contributed by atoms with Crippen LogP contribution in [0.3, 0.4) is 0 Å². The standard InChI is InChI=1S/C16H18N2O5S/c1-22-13-7-8-14(15(9-13)23-2)16(19)18-12-5-3-11(4-6-12)10-24(17,20)21/h3-9H,10H2,1-2H3,(H,18,19)(H2,17,20,21). The van der Waals surface area contributed by atoms with Crippen molar-refractivity contribution in [2.45, 2.75) is 5.75 Å². The maximum atomic E-state index is 12.4. The van der Waals surface area contributed by atoms with Crippen molar-refractivity contribution in [2.24, 2.45) is 5.14 Å². The number of hydrogen-bond donors (Lipinski definition) is 2. The number of hydrogen-bond acceptors (Lipinski definition) is 5. The number of sulfonamides is 1. The highest BCUT2D eigenvalue weighted by atomic mass is 32.2. The van der Waals surface area contributed by atoms with Crippen molar-refractivity contribution in [2.75, 3.05) is 19.5 Å². The van der Waals surface area contributed by atoms with Gasteiger partial charge in [-0.25, -0.2) is 13.6 Å². The molecule has 2 aromatic rings. The molecule has 2 rings (SSSR count). The number of ether oxygens (including phenoxy) is 2. The minimum absolute atomic E-state index is 0.256. The molecular weight excluding hydrogens is 332 g/mol. The van der Waals surface area contributed by atoms with Crippen LogP contribution in [0.2, 0.25) is 0 Å². The number of benzene rings is 2. The van der Waals surface area contributed by atoms with Gasteiger partial charge in [0.05, 0.1) is 25.5 Å². The van der Waals surface area contributed by atoms with E-state index in [9.17, 15) is 13.2 Å². The van der Waals surface area contributed by atoms with Gasteiger partial charge in [-0.3, -0.25) is 4.79 Å². The molecule has 0 saturated carbocycles. The molecule has 0 radical (unpaired) electrons. The molecule has 0 bridgehead atoms. The van der Waals surface area contributed by atoms with Crippen LogP contribution < -0.4 is 19.9 Å². The molecule has 0 fully saturated rings. The van der Waals surface area contributed by atoms with Crippen LogP contribution in [-0.4, -0.2) is 28.5 Å². The van der Waals surface area contributed by atoms with Crippen LogP contribution in [-0.2, 0) is 15.8 Å². The Bertz CT molecular complexity index is 832. The number of amides is 1. The van der Waals surface area contributed by atoms with Gasteiger partial charge in [0.2, 0.25) is 10.0 Å². The van der Waals surface area contributed by atoms with Gasteiger partial charge >= 0.3 is 0 Å². The first kappa shape index (κ1) is 17.8. The van der Waals surface area contributed by atoms with Gasteiger partial charge in [0, 0.05) is 11.8 Å². The summed E-state index contributed by atoms with van der Waals surface area (Å²) in [6.45, 7) is 0. The monoisotopic (exact) mass is 350 g/mol. The number of rotatable bonds is 6. The molecule has 0 aliphatic rings. The number of primary sulfonamides is 1. The summed E-state index contributed by atoms with van der Waals surface area (Å²) in [7, 11) is -0.596. The minimum atomic E-state index is -3.59. The molecule has 0 saturated heterocycles. The van der Waals surface area contributed by atoms with Crippen LogP contribution in [0.5, 0.6) is 11.5 Å². The Morgan fingerprint density at radius 1 is 1.08 bits per heavy atom. The summed E-state index contributed by atoms with van der Waals surface area (Å²) in [6.07, 6.45) is 0. The van der Waals surface area contributed by atoms with E-state index in [1.165, 1.54) is 14.2 Å². The third-order valence-corrected chi connectivity index (χ3v) is 3.97. The second-order valence-corrected chi connectivity index (χ2v) is 6.64. The predicted molar refractivity (Wildman–Crippen MR) is 90.8 cm³/mol. The van der Waals surface area contributed by atoms with Crippen molar-refractivity contribution in [3.63, 3.8) is 0 Å². The highest BCUT2D eigenvalue weighted by molar-refractivity contribution is 7.88. The lowest BCUT2D eigenvalue weighted by Gasteiger charge is -2.11. The number of nitrogens with one attached hydrogen (secondary N) is 1. The zero-order valence-electron chi connectivity index (χ0n) is 13.3. The van der Waals surface area contributed by atoms with E-state index in [-0.39, 0.29) is 11.7 Å². The number of carbonyl (C=O) groups is 1. The minimum Gasteiger partial charge on any atom is -0.497 e. The summed E-state index contributed by atoms with van der Waals surface area (Å²) in [6, 6.07) is 11.3. The summed E-state index contributed by atoms with van der Waals surface area (Å²) in [5, 5.41) is 7.72. The van der Waals surface area contributed by atoms with Gasteiger partial charge in [-0.2, -0.15) is 0 Å². The van der Waals surface area contributed by atoms with Crippen LogP contribution in [0.1, 0.15) is 15.9 Å². The molecule has 0 spiro atoms. The third kappa shape index (κ3) is 4.71. The number of carbonyl (C=O) groups excluding carboxylic acids is 1. The first-order valence-corrected chi connectivity index (χ1v) is 8.66. The quantitative estimate of drug-likeness (QED) is 0.825. The van der Waals surface area contributed by atoms with Gasteiger partial charge in [-0.05, 0) is 29.8 Å². The molecular formula is C16H18N2O5S. The Balaban J connectivity index is 2.15. The van der Waals surface area contributed by atoms with Crippen LogP contribution in [0, 0.1) is 0 Å². The van der Waals surface area contributed by atoms with Crippen molar-refractivity contribution < 1.29 is 22.7 Å². The SMILES string of the molecule is COc1ccc(C(=O)Nc2ccc(CS(N)(=O)=O)cc2)c(OC)c1. The van der Waals surface area contributed by atoms with E-state index in [0.29, 0.717) is 28.3 Å². The fourth-order valence-electron chi connectivity index (χ4n) is 2.10. The molecule has 2 aromatic carbocycles. The highest BCUT2D eigenvalue weighted by Gasteiger charge is 2.14. The first-order chi connectivity index (χ1) is 11.3. The lowest BCUT2D eigenvalue weighted by molar-refractivity contribution is 0.102. The fraction of sp³-hybridized carbons (Fsp3) is 0.188. The molecule has 128 valence electrons. The summed E-state index contributed by atoms with van der Waals surface area (Å²) >= 11 is 0. The molecule has 24 heavy (non-hydrogen) atoms. The largest absolute Gasteiger partial charge is 0.497 e. The molecule has 3 N–H and O–H groups in total. The first-order valence-electron chi connectivity index (χ1n) is 6.95. The van der Waals surface area contributed by atoms with Crippen molar-refractivity contribution in [1.29, 1.82) is 0 Å². The van der Waals surface area contributed by atoms with Crippen molar-refractivity contribution in [3.05, 3.63) is 53.6 Å². The Morgan fingerprint density at radius 2 is 1.75 bits per heavy atom. The summed E-state index contributed by atoms with van der Waals surface area (Å²) in [5.74, 6) is 0.357. The van der Waals surface area contributed by atoms with Gasteiger partial charge in [-0.15, -0.1) is 0 Å². The Morgan fingerprint density at radius 3 is 2.29 bits per heavy atom. The van der Waals surface area contributed by atoms with Gasteiger partial charge in [-0.1, -0.05) is 12.1 Å². The van der Waals surface area contributed by atoms with Gasteiger partial charge < -0.3 is 14.8 Å². The molecule has 0 aliphatic heterocycles. The topological polar surface area (TPSA) is 108 Å². The lowest BCUT2D eigenvalue weighted by Crippen LogP contribution is -2.15. The molecule has 0 aromatic heterocycles. The number of anilines is 1. The zero-order chi connectivity index (χ0) is 17.7.